The van der Waals surface area contributed by atoms with Gasteiger partial charge >= 0.3 is 0 Å². The molecule has 1 atom stereocenters. The lowest BCUT2D eigenvalue weighted by atomic mass is 9.93. The largest absolute Gasteiger partial charge is 0.362 e. The minimum atomic E-state index is 0. The summed E-state index contributed by atoms with van der Waals surface area (Å²) in [6, 6.07) is 15.8. The standard InChI is InChI=1S/C27H34Cl2N4OS.2ClH/c1-31(26(34)20-6-3-2-4-7-20)19-22(21-8-9-24(28)25(29)18-21)10-15-32-16-11-23(12-17-32)33-14-5-13-30-27(33)35;;/h2-4,6-9,18,22-23H,5,10-17,19H2,1H3,(H,30,35);2*1H. The first-order valence-electron chi connectivity index (χ1n) is 12.4. The molecule has 0 saturated carbocycles. The molecule has 204 valence electrons. The molecule has 4 rings (SSSR count). The SMILES string of the molecule is CN(CC(CCN1CCC(N2CCCNC2=S)CC1)c1ccc(Cl)c(Cl)c1)C(=O)c1ccccc1.Cl.Cl. The number of benzene rings is 2. The summed E-state index contributed by atoms with van der Waals surface area (Å²) in [6.45, 7) is 5.79. The zero-order chi connectivity index (χ0) is 24.8. The van der Waals surface area contributed by atoms with Crippen LogP contribution >= 0.6 is 60.2 Å². The monoisotopic (exact) mass is 604 g/mol. The molecule has 2 heterocycles. The number of carbonyl (C=O) groups is 1. The van der Waals surface area contributed by atoms with Crippen LogP contribution in [0.3, 0.4) is 0 Å². The Balaban J connectivity index is 0.00000241. The number of piperidine rings is 1. The highest BCUT2D eigenvalue weighted by Gasteiger charge is 2.28. The average Bonchev–Trinajstić information content (AvgIpc) is 2.89. The predicted octanol–water partition coefficient (Wildman–Crippen LogP) is 6.13. The number of halogens is 4. The summed E-state index contributed by atoms with van der Waals surface area (Å²) in [5, 5.41) is 5.36. The second-order valence-electron chi connectivity index (χ2n) is 9.56. The summed E-state index contributed by atoms with van der Waals surface area (Å²) in [5.74, 6) is 0.196. The number of rotatable bonds is 8. The molecule has 1 N–H and O–H groups in total. The van der Waals surface area contributed by atoms with Gasteiger partial charge in [0.15, 0.2) is 5.11 Å². The van der Waals surface area contributed by atoms with Gasteiger partial charge in [0.05, 0.1) is 10.0 Å². The van der Waals surface area contributed by atoms with Crippen molar-refractivity contribution in [2.75, 3.05) is 46.3 Å². The molecule has 10 heteroatoms. The first-order valence-corrected chi connectivity index (χ1v) is 13.6. The molecule has 2 aliphatic rings. The van der Waals surface area contributed by atoms with E-state index in [4.69, 9.17) is 35.4 Å². The van der Waals surface area contributed by atoms with Crippen molar-refractivity contribution in [1.29, 1.82) is 0 Å². The summed E-state index contributed by atoms with van der Waals surface area (Å²) < 4.78 is 0. The Morgan fingerprint density at radius 2 is 1.78 bits per heavy atom. The van der Waals surface area contributed by atoms with E-state index in [2.05, 4.69) is 15.1 Å². The molecule has 5 nitrogen and oxygen atoms in total. The summed E-state index contributed by atoms with van der Waals surface area (Å²) in [5.41, 5.74) is 1.82. The Hall–Kier alpha value is -1.28. The van der Waals surface area contributed by atoms with E-state index >= 15 is 0 Å². The predicted molar refractivity (Wildman–Crippen MR) is 163 cm³/mol. The Morgan fingerprint density at radius 1 is 1.08 bits per heavy atom. The highest BCUT2D eigenvalue weighted by molar-refractivity contribution is 7.80. The second kappa shape index (κ2) is 15.3. The van der Waals surface area contributed by atoms with E-state index in [0.717, 1.165) is 69.1 Å². The lowest BCUT2D eigenvalue weighted by Gasteiger charge is -2.42. The van der Waals surface area contributed by atoms with Crippen molar-refractivity contribution in [3.63, 3.8) is 0 Å². The van der Waals surface area contributed by atoms with Crippen molar-refractivity contribution in [1.82, 2.24) is 20.0 Å². The summed E-state index contributed by atoms with van der Waals surface area (Å²) in [4.78, 5) is 19.7. The van der Waals surface area contributed by atoms with Crippen molar-refractivity contribution in [3.05, 3.63) is 69.7 Å². The van der Waals surface area contributed by atoms with Crippen LogP contribution < -0.4 is 5.32 Å². The molecule has 0 bridgehead atoms. The Labute approximate surface area is 248 Å². The maximum Gasteiger partial charge on any atom is 0.253 e. The number of amides is 1. The molecule has 2 saturated heterocycles. The van der Waals surface area contributed by atoms with Crippen LogP contribution in [-0.4, -0.2) is 78.1 Å². The molecular formula is C27H36Cl4N4OS. The van der Waals surface area contributed by atoms with E-state index in [-0.39, 0.29) is 36.6 Å². The van der Waals surface area contributed by atoms with E-state index in [1.54, 1.807) is 0 Å². The molecule has 2 fully saturated rings. The van der Waals surface area contributed by atoms with Gasteiger partial charge in [-0.3, -0.25) is 4.79 Å². The molecule has 1 amide bonds. The van der Waals surface area contributed by atoms with E-state index in [1.807, 2.05) is 60.5 Å². The fourth-order valence-electron chi connectivity index (χ4n) is 5.13. The van der Waals surface area contributed by atoms with Gasteiger partial charge in [0.1, 0.15) is 0 Å². The smallest absolute Gasteiger partial charge is 0.253 e. The van der Waals surface area contributed by atoms with Crippen LogP contribution in [0.4, 0.5) is 0 Å². The van der Waals surface area contributed by atoms with Gasteiger partial charge in [0, 0.05) is 57.3 Å². The van der Waals surface area contributed by atoms with Crippen LogP contribution in [0.15, 0.2) is 48.5 Å². The highest BCUT2D eigenvalue weighted by atomic mass is 35.5. The molecule has 2 aromatic rings. The van der Waals surface area contributed by atoms with Gasteiger partial charge in [0.2, 0.25) is 0 Å². The lowest BCUT2D eigenvalue weighted by Crippen LogP contribution is -2.54. The molecule has 0 aliphatic carbocycles. The summed E-state index contributed by atoms with van der Waals surface area (Å²) in [7, 11) is 1.88. The first kappa shape index (κ1) is 31.9. The minimum absolute atomic E-state index is 0. The molecule has 1 unspecified atom stereocenters. The number of nitrogens with zero attached hydrogens (tertiary/aromatic N) is 3. The number of likely N-dealkylation sites (N-methyl/N-ethyl adjacent to an activating group) is 1. The maximum atomic E-state index is 13.0. The van der Waals surface area contributed by atoms with Gasteiger partial charge in [0.25, 0.3) is 5.91 Å². The lowest BCUT2D eigenvalue weighted by molar-refractivity contribution is 0.0780. The Bertz CT molecular complexity index is 1020. The fourth-order valence-corrected chi connectivity index (χ4v) is 5.78. The van der Waals surface area contributed by atoms with Crippen molar-refractivity contribution >= 4 is 71.3 Å². The van der Waals surface area contributed by atoms with E-state index in [0.29, 0.717) is 28.2 Å². The molecule has 37 heavy (non-hydrogen) atoms. The molecule has 0 aromatic heterocycles. The Kier molecular flexibility index (Phi) is 13.2. The number of thiocarbonyl (C=S) groups is 1. The van der Waals surface area contributed by atoms with Gasteiger partial charge in [-0.15, -0.1) is 24.8 Å². The van der Waals surface area contributed by atoms with Crippen molar-refractivity contribution < 1.29 is 4.79 Å². The Morgan fingerprint density at radius 3 is 2.43 bits per heavy atom. The van der Waals surface area contributed by atoms with Crippen LogP contribution in [0.2, 0.25) is 10.0 Å². The van der Waals surface area contributed by atoms with Crippen LogP contribution in [0, 0.1) is 0 Å². The normalized spacial score (nSPS) is 17.3. The van der Waals surface area contributed by atoms with E-state index in [1.165, 1.54) is 0 Å². The number of hydrogen-bond acceptors (Lipinski definition) is 3. The highest BCUT2D eigenvalue weighted by Crippen LogP contribution is 2.30. The van der Waals surface area contributed by atoms with Gasteiger partial charge in [-0.05, 0) is 74.3 Å². The van der Waals surface area contributed by atoms with Gasteiger partial charge in [-0.25, -0.2) is 0 Å². The first-order chi connectivity index (χ1) is 16.9. The van der Waals surface area contributed by atoms with Gasteiger partial charge < -0.3 is 20.0 Å². The van der Waals surface area contributed by atoms with E-state index in [9.17, 15) is 4.79 Å². The fraction of sp³-hybridized carbons (Fsp3) is 0.481. The topological polar surface area (TPSA) is 38.8 Å². The van der Waals surface area contributed by atoms with Crippen molar-refractivity contribution in [2.24, 2.45) is 0 Å². The zero-order valence-electron chi connectivity index (χ0n) is 21.1. The quantitative estimate of drug-likeness (QED) is 0.367. The summed E-state index contributed by atoms with van der Waals surface area (Å²) in [6.07, 6.45) is 4.36. The summed E-state index contributed by atoms with van der Waals surface area (Å²) >= 11 is 18.1. The number of nitrogens with one attached hydrogen (secondary N) is 1. The third kappa shape index (κ3) is 8.61. The van der Waals surface area contributed by atoms with Gasteiger partial charge in [-0.2, -0.15) is 0 Å². The molecule has 0 spiro atoms. The minimum Gasteiger partial charge on any atom is -0.362 e. The van der Waals surface area contributed by atoms with Crippen molar-refractivity contribution in [2.45, 2.75) is 37.6 Å². The van der Waals surface area contributed by atoms with Crippen LogP contribution in [0.1, 0.15) is 47.5 Å². The second-order valence-corrected chi connectivity index (χ2v) is 10.8. The third-order valence-electron chi connectivity index (χ3n) is 7.18. The van der Waals surface area contributed by atoms with Gasteiger partial charge in [-0.1, -0.05) is 47.5 Å². The number of likely N-dealkylation sites (tertiary alicyclic amines) is 1. The maximum absolute atomic E-state index is 13.0. The van der Waals surface area contributed by atoms with Crippen LogP contribution in [0.5, 0.6) is 0 Å². The molecule has 2 aromatic carbocycles. The van der Waals surface area contributed by atoms with Crippen LogP contribution in [0.25, 0.3) is 0 Å². The average molecular weight is 606 g/mol. The third-order valence-corrected chi connectivity index (χ3v) is 8.30. The van der Waals surface area contributed by atoms with Crippen LogP contribution in [-0.2, 0) is 0 Å². The van der Waals surface area contributed by atoms with E-state index < -0.39 is 0 Å². The van der Waals surface area contributed by atoms with Crippen molar-refractivity contribution in [3.8, 4) is 0 Å². The molecule has 0 radical (unpaired) electrons. The molecule has 2 aliphatic heterocycles. The number of carbonyl (C=O) groups excluding carboxylic acids is 1. The zero-order valence-corrected chi connectivity index (χ0v) is 25.0. The number of hydrogen-bond donors (Lipinski definition) is 1. The molecular weight excluding hydrogens is 570 g/mol.